The molecule has 1 aromatic carbocycles. The van der Waals surface area contributed by atoms with Crippen molar-refractivity contribution in [2.75, 3.05) is 11.4 Å². The molecule has 1 saturated heterocycles. The van der Waals surface area contributed by atoms with Gasteiger partial charge in [-0.15, -0.1) is 0 Å². The Morgan fingerprint density at radius 2 is 2.21 bits per heavy atom. The van der Waals surface area contributed by atoms with E-state index in [1.54, 1.807) is 6.07 Å². The first kappa shape index (κ1) is 14.2. The number of nitrogens with two attached hydrogens (primary N) is 2. The van der Waals surface area contributed by atoms with Crippen LogP contribution in [0, 0.1) is 0 Å². The summed E-state index contributed by atoms with van der Waals surface area (Å²) in [6.45, 7) is 3.00. The number of rotatable bonds is 3. The first-order valence-corrected chi connectivity index (χ1v) is 7.00. The number of anilines is 1. The second-order valence-electron chi connectivity index (χ2n) is 5.14. The van der Waals surface area contributed by atoms with Crippen LogP contribution in [0.3, 0.4) is 0 Å². The monoisotopic (exact) mass is 281 g/mol. The largest absolute Gasteiger partial charge is 0.367 e. The smallest absolute Gasteiger partial charge is 0.250 e. The Kier molecular flexibility index (Phi) is 4.32. The zero-order chi connectivity index (χ0) is 14.0. The minimum Gasteiger partial charge on any atom is -0.367 e. The lowest BCUT2D eigenvalue weighted by Gasteiger charge is -2.40. The molecule has 4 nitrogen and oxygen atoms in total. The van der Waals surface area contributed by atoms with Crippen LogP contribution in [0.5, 0.6) is 0 Å². The maximum atomic E-state index is 11.2. The van der Waals surface area contributed by atoms with Crippen molar-refractivity contribution in [2.24, 2.45) is 11.5 Å². The van der Waals surface area contributed by atoms with E-state index in [2.05, 4.69) is 4.90 Å². The highest BCUT2D eigenvalue weighted by Crippen LogP contribution is 2.29. The molecule has 2 unspecified atom stereocenters. The summed E-state index contributed by atoms with van der Waals surface area (Å²) in [6, 6.07) is 5.82. The van der Waals surface area contributed by atoms with Gasteiger partial charge in [0.25, 0.3) is 0 Å². The second kappa shape index (κ2) is 5.80. The maximum absolute atomic E-state index is 11.2. The minimum absolute atomic E-state index is 0.106. The van der Waals surface area contributed by atoms with Crippen LogP contribution in [0.2, 0.25) is 5.02 Å². The van der Waals surface area contributed by atoms with E-state index in [4.69, 9.17) is 23.1 Å². The van der Waals surface area contributed by atoms with Gasteiger partial charge in [0, 0.05) is 24.3 Å². The summed E-state index contributed by atoms with van der Waals surface area (Å²) in [6.07, 6.45) is 3.45. The normalized spacial score (nSPS) is 21.2. The molecular formula is C14H20ClN3O. The Morgan fingerprint density at radius 3 is 2.79 bits per heavy atom. The van der Waals surface area contributed by atoms with Gasteiger partial charge < -0.3 is 16.4 Å². The van der Waals surface area contributed by atoms with E-state index in [0.717, 1.165) is 25.1 Å². The summed E-state index contributed by atoms with van der Waals surface area (Å²) in [5, 5.41) is 0.402. The van der Waals surface area contributed by atoms with Crippen molar-refractivity contribution < 1.29 is 4.79 Å². The molecule has 0 bridgehead atoms. The predicted octanol–water partition coefficient (Wildman–Crippen LogP) is 2.14. The van der Waals surface area contributed by atoms with Crippen molar-refractivity contribution in [3.63, 3.8) is 0 Å². The SMILES string of the molecule is CC(N)C1CCCCN1c1ccc(C(N)=O)c(Cl)c1. The number of nitrogens with zero attached hydrogens (tertiary/aromatic N) is 1. The number of piperidine rings is 1. The molecule has 1 aliphatic rings. The number of carbonyl (C=O) groups is 1. The molecule has 19 heavy (non-hydrogen) atoms. The Hall–Kier alpha value is -1.26. The van der Waals surface area contributed by atoms with Crippen molar-refractivity contribution >= 4 is 23.2 Å². The van der Waals surface area contributed by atoms with E-state index in [1.807, 2.05) is 19.1 Å². The van der Waals surface area contributed by atoms with Gasteiger partial charge in [-0.2, -0.15) is 0 Å². The number of benzene rings is 1. The van der Waals surface area contributed by atoms with Crippen molar-refractivity contribution in [1.82, 2.24) is 0 Å². The quantitative estimate of drug-likeness (QED) is 0.892. The van der Waals surface area contributed by atoms with E-state index in [9.17, 15) is 4.79 Å². The molecule has 1 aromatic rings. The first-order chi connectivity index (χ1) is 9.00. The standard InChI is InChI=1S/C14H20ClN3O/c1-9(16)13-4-2-3-7-18(13)10-5-6-11(14(17)19)12(15)8-10/h5-6,8-9,13H,2-4,7,16H2,1H3,(H2,17,19). The third-order valence-electron chi connectivity index (χ3n) is 3.71. The molecule has 1 heterocycles. The summed E-state index contributed by atoms with van der Waals surface area (Å²) in [4.78, 5) is 13.5. The summed E-state index contributed by atoms with van der Waals surface area (Å²) in [5.41, 5.74) is 12.7. The number of amides is 1. The van der Waals surface area contributed by atoms with Gasteiger partial charge in [-0.1, -0.05) is 11.6 Å². The molecule has 0 spiro atoms. The average molecular weight is 282 g/mol. The highest BCUT2D eigenvalue weighted by atomic mass is 35.5. The van der Waals surface area contributed by atoms with E-state index in [0.29, 0.717) is 16.6 Å². The molecule has 1 amide bonds. The van der Waals surface area contributed by atoms with E-state index in [1.165, 1.54) is 6.42 Å². The van der Waals surface area contributed by atoms with Gasteiger partial charge in [0.1, 0.15) is 0 Å². The third-order valence-corrected chi connectivity index (χ3v) is 4.02. The van der Waals surface area contributed by atoms with E-state index >= 15 is 0 Å². The molecule has 2 atom stereocenters. The Balaban J connectivity index is 2.29. The highest BCUT2D eigenvalue weighted by Gasteiger charge is 2.26. The van der Waals surface area contributed by atoms with Crippen LogP contribution in [0.25, 0.3) is 0 Å². The molecule has 0 saturated carbocycles. The fourth-order valence-electron chi connectivity index (χ4n) is 2.71. The molecule has 0 radical (unpaired) electrons. The number of hydrogen-bond donors (Lipinski definition) is 2. The van der Waals surface area contributed by atoms with Crippen molar-refractivity contribution in [2.45, 2.75) is 38.3 Å². The zero-order valence-electron chi connectivity index (χ0n) is 11.1. The number of primary amides is 1. The minimum atomic E-state index is -0.501. The molecule has 104 valence electrons. The van der Waals surface area contributed by atoms with Gasteiger partial charge in [-0.3, -0.25) is 4.79 Å². The molecule has 1 fully saturated rings. The van der Waals surface area contributed by atoms with E-state index in [-0.39, 0.29) is 6.04 Å². The topological polar surface area (TPSA) is 72.3 Å². The van der Waals surface area contributed by atoms with Crippen molar-refractivity contribution in [3.05, 3.63) is 28.8 Å². The first-order valence-electron chi connectivity index (χ1n) is 6.62. The van der Waals surface area contributed by atoms with Gasteiger partial charge in [0.15, 0.2) is 0 Å². The van der Waals surface area contributed by atoms with Gasteiger partial charge >= 0.3 is 0 Å². The third kappa shape index (κ3) is 3.01. The van der Waals surface area contributed by atoms with Crippen LogP contribution in [0.1, 0.15) is 36.5 Å². The van der Waals surface area contributed by atoms with Gasteiger partial charge in [-0.05, 0) is 44.4 Å². The summed E-state index contributed by atoms with van der Waals surface area (Å²) >= 11 is 6.11. The van der Waals surface area contributed by atoms with Crippen LogP contribution in [-0.2, 0) is 0 Å². The van der Waals surface area contributed by atoms with Crippen LogP contribution in [0.15, 0.2) is 18.2 Å². The molecular weight excluding hydrogens is 262 g/mol. The van der Waals surface area contributed by atoms with Gasteiger partial charge in [-0.25, -0.2) is 0 Å². The summed E-state index contributed by atoms with van der Waals surface area (Å²) in [7, 11) is 0. The molecule has 4 N–H and O–H groups in total. The number of halogens is 1. The lowest BCUT2D eigenvalue weighted by atomic mass is 9.96. The Morgan fingerprint density at radius 1 is 1.47 bits per heavy atom. The maximum Gasteiger partial charge on any atom is 0.250 e. The molecule has 0 aromatic heterocycles. The molecule has 0 aliphatic carbocycles. The highest BCUT2D eigenvalue weighted by molar-refractivity contribution is 6.34. The lowest BCUT2D eigenvalue weighted by molar-refractivity contribution is 0.100. The fourth-order valence-corrected chi connectivity index (χ4v) is 2.97. The molecule has 2 rings (SSSR count). The molecule has 5 heteroatoms. The van der Waals surface area contributed by atoms with Crippen LogP contribution >= 0.6 is 11.6 Å². The van der Waals surface area contributed by atoms with Crippen molar-refractivity contribution in [3.8, 4) is 0 Å². The fraction of sp³-hybridized carbons (Fsp3) is 0.500. The number of hydrogen-bond acceptors (Lipinski definition) is 3. The van der Waals surface area contributed by atoms with Crippen molar-refractivity contribution in [1.29, 1.82) is 0 Å². The Bertz CT molecular complexity index is 476. The van der Waals surface area contributed by atoms with E-state index < -0.39 is 5.91 Å². The Labute approximate surface area is 118 Å². The summed E-state index contributed by atoms with van der Waals surface area (Å²) in [5.74, 6) is -0.501. The van der Waals surface area contributed by atoms with Gasteiger partial charge in [0.2, 0.25) is 5.91 Å². The molecule has 1 aliphatic heterocycles. The summed E-state index contributed by atoms with van der Waals surface area (Å²) < 4.78 is 0. The zero-order valence-corrected chi connectivity index (χ0v) is 11.9. The van der Waals surface area contributed by atoms with Crippen LogP contribution in [-0.4, -0.2) is 24.5 Å². The number of carbonyl (C=O) groups excluding carboxylic acids is 1. The van der Waals surface area contributed by atoms with Crippen LogP contribution < -0.4 is 16.4 Å². The van der Waals surface area contributed by atoms with Gasteiger partial charge in [0.05, 0.1) is 10.6 Å². The predicted molar refractivity (Wildman–Crippen MR) is 78.6 cm³/mol. The second-order valence-corrected chi connectivity index (χ2v) is 5.55. The lowest BCUT2D eigenvalue weighted by Crippen LogP contribution is -2.49. The average Bonchev–Trinajstić information content (AvgIpc) is 2.38. The van der Waals surface area contributed by atoms with Crippen LogP contribution in [0.4, 0.5) is 5.69 Å².